The summed E-state index contributed by atoms with van der Waals surface area (Å²) in [5, 5.41) is 12.1. The van der Waals surface area contributed by atoms with Crippen LogP contribution in [0.25, 0.3) is 27.2 Å². The lowest BCUT2D eigenvalue weighted by molar-refractivity contribution is 0.102. The van der Waals surface area contributed by atoms with Crippen molar-refractivity contribution < 1.29 is 9.53 Å². The van der Waals surface area contributed by atoms with Crippen molar-refractivity contribution in [1.82, 2.24) is 14.8 Å². The van der Waals surface area contributed by atoms with Crippen molar-refractivity contribution in [2.24, 2.45) is 0 Å². The third kappa shape index (κ3) is 3.74. The number of thiazole rings is 1. The quantitative estimate of drug-likeness (QED) is 0.380. The Hall–Kier alpha value is -3.97. The maximum Gasteiger partial charge on any atom is 0.257 e. The summed E-state index contributed by atoms with van der Waals surface area (Å²) in [6.45, 7) is 1.89. The number of fused-ring (bicyclic) bond motifs is 1. The SMILES string of the molecule is COc1cccc(-c2csc(-n3nc(C)cc3NC(=O)c3cccc4ccccc34)n2)c1. The number of carbonyl (C=O) groups is 1. The summed E-state index contributed by atoms with van der Waals surface area (Å²) in [4.78, 5) is 17.9. The minimum atomic E-state index is -0.187. The highest BCUT2D eigenvalue weighted by molar-refractivity contribution is 7.12. The smallest absolute Gasteiger partial charge is 0.257 e. The van der Waals surface area contributed by atoms with Gasteiger partial charge in [0.1, 0.15) is 11.6 Å². The normalized spacial score (nSPS) is 10.9. The number of carbonyl (C=O) groups excluding carboxylic acids is 1. The zero-order valence-electron chi connectivity index (χ0n) is 17.6. The predicted molar refractivity (Wildman–Crippen MR) is 128 cm³/mol. The van der Waals surface area contributed by atoms with Crippen molar-refractivity contribution in [3.05, 3.63) is 89.4 Å². The molecule has 32 heavy (non-hydrogen) atoms. The molecule has 5 rings (SSSR count). The molecule has 0 unspecified atom stereocenters. The van der Waals surface area contributed by atoms with E-state index in [1.54, 1.807) is 11.8 Å². The Balaban J connectivity index is 1.47. The van der Waals surface area contributed by atoms with Gasteiger partial charge < -0.3 is 10.1 Å². The van der Waals surface area contributed by atoms with E-state index in [2.05, 4.69) is 10.4 Å². The fraction of sp³-hybridized carbons (Fsp3) is 0.0800. The lowest BCUT2D eigenvalue weighted by atomic mass is 10.0. The molecule has 0 spiro atoms. The highest BCUT2D eigenvalue weighted by atomic mass is 32.1. The van der Waals surface area contributed by atoms with Crippen LogP contribution in [0, 0.1) is 6.92 Å². The number of anilines is 1. The number of aromatic nitrogens is 3. The van der Waals surface area contributed by atoms with E-state index in [9.17, 15) is 4.79 Å². The van der Waals surface area contributed by atoms with Crippen LogP contribution in [0.15, 0.2) is 78.2 Å². The van der Waals surface area contributed by atoms with Crippen molar-refractivity contribution >= 4 is 33.8 Å². The van der Waals surface area contributed by atoms with Gasteiger partial charge in [0.05, 0.1) is 18.5 Å². The van der Waals surface area contributed by atoms with Gasteiger partial charge in [0.15, 0.2) is 0 Å². The van der Waals surface area contributed by atoms with Gasteiger partial charge in [-0.3, -0.25) is 4.79 Å². The Morgan fingerprint density at radius 3 is 2.72 bits per heavy atom. The molecule has 158 valence electrons. The molecule has 0 bridgehead atoms. The van der Waals surface area contributed by atoms with Crippen LogP contribution in [0.3, 0.4) is 0 Å². The molecule has 0 aliphatic heterocycles. The Kier molecular flexibility index (Phi) is 5.17. The second kappa shape index (κ2) is 8.28. The highest BCUT2D eigenvalue weighted by Gasteiger charge is 2.17. The lowest BCUT2D eigenvalue weighted by Crippen LogP contribution is -2.15. The summed E-state index contributed by atoms with van der Waals surface area (Å²) in [6.07, 6.45) is 0. The molecule has 2 heterocycles. The molecule has 0 aliphatic rings. The number of methoxy groups -OCH3 is 1. The maximum absolute atomic E-state index is 13.1. The zero-order valence-corrected chi connectivity index (χ0v) is 18.4. The van der Waals surface area contributed by atoms with Gasteiger partial charge in [0.25, 0.3) is 5.91 Å². The standard InChI is InChI=1S/C25H20N4O2S/c1-16-13-23(27-24(30)21-12-6-8-17-7-3-4-11-20(17)21)29(28-16)25-26-22(15-32-25)18-9-5-10-19(14-18)31-2/h3-15H,1-2H3,(H,27,30). The molecule has 5 aromatic rings. The number of aryl methyl sites for hydroxylation is 1. The van der Waals surface area contributed by atoms with Crippen LogP contribution in [-0.4, -0.2) is 27.8 Å². The van der Waals surface area contributed by atoms with Crippen LogP contribution < -0.4 is 10.1 Å². The molecule has 1 N–H and O–H groups in total. The van der Waals surface area contributed by atoms with E-state index in [0.29, 0.717) is 16.5 Å². The molecular formula is C25H20N4O2S. The van der Waals surface area contributed by atoms with Gasteiger partial charge in [0.2, 0.25) is 5.13 Å². The average Bonchev–Trinajstić information content (AvgIpc) is 3.45. The number of hydrogen-bond donors (Lipinski definition) is 1. The Bertz CT molecular complexity index is 1430. The van der Waals surface area contributed by atoms with E-state index in [-0.39, 0.29) is 5.91 Å². The van der Waals surface area contributed by atoms with Crippen LogP contribution in [0.2, 0.25) is 0 Å². The second-order valence-corrected chi connectivity index (χ2v) is 8.15. The molecular weight excluding hydrogens is 420 g/mol. The van der Waals surface area contributed by atoms with E-state index in [1.807, 2.05) is 85.1 Å². The third-order valence-corrected chi connectivity index (χ3v) is 5.96. The number of amides is 1. The van der Waals surface area contributed by atoms with Crippen molar-refractivity contribution in [2.45, 2.75) is 6.92 Å². The topological polar surface area (TPSA) is 69.0 Å². The van der Waals surface area contributed by atoms with Crippen molar-refractivity contribution in [2.75, 3.05) is 12.4 Å². The second-order valence-electron chi connectivity index (χ2n) is 7.31. The fourth-order valence-electron chi connectivity index (χ4n) is 3.62. The average molecular weight is 441 g/mol. The van der Waals surface area contributed by atoms with Gasteiger partial charge in [0, 0.05) is 22.6 Å². The molecule has 0 aliphatic carbocycles. The van der Waals surface area contributed by atoms with Gasteiger partial charge in [-0.05, 0) is 35.9 Å². The zero-order chi connectivity index (χ0) is 22.1. The first kappa shape index (κ1) is 20.0. The molecule has 0 radical (unpaired) electrons. The molecule has 0 saturated carbocycles. The van der Waals surface area contributed by atoms with Crippen molar-refractivity contribution in [3.63, 3.8) is 0 Å². The molecule has 7 heteroatoms. The lowest BCUT2D eigenvalue weighted by Gasteiger charge is -2.09. The van der Waals surface area contributed by atoms with E-state index in [0.717, 1.165) is 33.5 Å². The number of rotatable bonds is 5. The molecule has 0 atom stereocenters. The number of nitrogens with zero attached hydrogens (tertiary/aromatic N) is 3. The van der Waals surface area contributed by atoms with Gasteiger partial charge in [-0.2, -0.15) is 9.78 Å². The molecule has 3 aromatic carbocycles. The number of nitrogens with one attached hydrogen (secondary N) is 1. The van der Waals surface area contributed by atoms with E-state index < -0.39 is 0 Å². The van der Waals surface area contributed by atoms with Gasteiger partial charge >= 0.3 is 0 Å². The van der Waals surface area contributed by atoms with Gasteiger partial charge in [-0.1, -0.05) is 48.5 Å². The maximum atomic E-state index is 13.1. The first-order chi connectivity index (χ1) is 15.6. The number of hydrogen-bond acceptors (Lipinski definition) is 5. The first-order valence-electron chi connectivity index (χ1n) is 10.1. The summed E-state index contributed by atoms with van der Waals surface area (Å²) >= 11 is 1.46. The Morgan fingerprint density at radius 1 is 1.03 bits per heavy atom. The van der Waals surface area contributed by atoms with Crippen LogP contribution in [0.4, 0.5) is 5.82 Å². The molecule has 6 nitrogen and oxygen atoms in total. The largest absolute Gasteiger partial charge is 0.497 e. The van der Waals surface area contributed by atoms with Crippen LogP contribution >= 0.6 is 11.3 Å². The van der Waals surface area contributed by atoms with Crippen molar-refractivity contribution in [1.29, 1.82) is 0 Å². The first-order valence-corrected chi connectivity index (χ1v) is 11.0. The molecule has 2 aromatic heterocycles. The molecule has 1 amide bonds. The Morgan fingerprint density at radius 2 is 1.84 bits per heavy atom. The van der Waals surface area contributed by atoms with E-state index in [4.69, 9.17) is 9.72 Å². The Labute approximate surface area is 189 Å². The molecule has 0 saturated heterocycles. The van der Waals surface area contributed by atoms with E-state index >= 15 is 0 Å². The summed E-state index contributed by atoms with van der Waals surface area (Å²) in [5.41, 5.74) is 3.18. The minimum absolute atomic E-state index is 0.187. The van der Waals surface area contributed by atoms with E-state index in [1.165, 1.54) is 11.3 Å². The van der Waals surface area contributed by atoms with Crippen LogP contribution in [0.5, 0.6) is 5.75 Å². The number of benzene rings is 3. The monoisotopic (exact) mass is 440 g/mol. The van der Waals surface area contributed by atoms with Gasteiger partial charge in [-0.25, -0.2) is 4.98 Å². The number of ether oxygens (including phenoxy) is 1. The molecule has 0 fully saturated rings. The van der Waals surface area contributed by atoms with Crippen LogP contribution in [0.1, 0.15) is 16.1 Å². The fourth-order valence-corrected chi connectivity index (χ4v) is 4.41. The minimum Gasteiger partial charge on any atom is -0.497 e. The van der Waals surface area contributed by atoms with Crippen molar-refractivity contribution in [3.8, 4) is 22.1 Å². The summed E-state index contributed by atoms with van der Waals surface area (Å²) in [5.74, 6) is 1.16. The van der Waals surface area contributed by atoms with Crippen LogP contribution in [-0.2, 0) is 0 Å². The summed E-state index contributed by atoms with van der Waals surface area (Å²) < 4.78 is 6.99. The highest BCUT2D eigenvalue weighted by Crippen LogP contribution is 2.29. The third-order valence-electron chi connectivity index (χ3n) is 5.15. The van der Waals surface area contributed by atoms with Gasteiger partial charge in [-0.15, -0.1) is 11.3 Å². The summed E-state index contributed by atoms with van der Waals surface area (Å²) in [6, 6.07) is 23.2. The summed E-state index contributed by atoms with van der Waals surface area (Å²) in [7, 11) is 1.64. The predicted octanol–water partition coefficient (Wildman–Crippen LogP) is 5.72.